The molecule has 3 aromatic rings. The van der Waals surface area contributed by atoms with Gasteiger partial charge in [0.25, 0.3) is 5.91 Å². The molecule has 2 N–H and O–H groups in total. The molecule has 0 aliphatic heterocycles. The first kappa shape index (κ1) is 18.8. The first-order valence-corrected chi connectivity index (χ1v) is 9.00. The molecule has 0 unspecified atom stereocenters. The predicted octanol–water partition coefficient (Wildman–Crippen LogP) is 3.42. The van der Waals surface area contributed by atoms with E-state index in [9.17, 15) is 4.79 Å². The fourth-order valence-corrected chi connectivity index (χ4v) is 2.75. The van der Waals surface area contributed by atoms with Crippen molar-refractivity contribution in [3.63, 3.8) is 0 Å². The highest BCUT2D eigenvalue weighted by molar-refractivity contribution is 6.30. The summed E-state index contributed by atoms with van der Waals surface area (Å²) in [6.45, 7) is 2.82. The first-order chi connectivity index (χ1) is 13.1. The van der Waals surface area contributed by atoms with Crippen molar-refractivity contribution in [3.8, 4) is 0 Å². The number of amides is 1. The van der Waals surface area contributed by atoms with Gasteiger partial charge in [-0.1, -0.05) is 29.8 Å². The van der Waals surface area contributed by atoms with Crippen LogP contribution in [0.25, 0.3) is 0 Å². The van der Waals surface area contributed by atoms with Crippen molar-refractivity contribution in [2.45, 2.75) is 19.9 Å². The second-order valence-electron chi connectivity index (χ2n) is 6.03. The average molecular weight is 382 g/mol. The van der Waals surface area contributed by atoms with E-state index in [4.69, 9.17) is 11.6 Å². The minimum absolute atomic E-state index is 0.260. The number of halogens is 1. The minimum Gasteiger partial charge on any atom is -0.354 e. The Kier molecular flexibility index (Phi) is 6.33. The largest absolute Gasteiger partial charge is 0.354 e. The summed E-state index contributed by atoms with van der Waals surface area (Å²) in [6, 6.07) is 14.9. The summed E-state index contributed by atoms with van der Waals surface area (Å²) in [4.78, 5) is 25.2. The number of benzene rings is 1. The highest BCUT2D eigenvalue weighted by atomic mass is 35.5. The zero-order valence-corrected chi connectivity index (χ0v) is 15.7. The van der Waals surface area contributed by atoms with Crippen molar-refractivity contribution in [1.82, 2.24) is 20.3 Å². The topological polar surface area (TPSA) is 79.8 Å². The molecule has 0 fully saturated rings. The molecule has 0 saturated heterocycles. The van der Waals surface area contributed by atoms with Crippen molar-refractivity contribution in [3.05, 3.63) is 82.4 Å². The second kappa shape index (κ2) is 9.09. The van der Waals surface area contributed by atoms with E-state index in [0.29, 0.717) is 29.8 Å². The summed E-state index contributed by atoms with van der Waals surface area (Å²) in [5.41, 5.74) is 2.95. The van der Waals surface area contributed by atoms with Crippen molar-refractivity contribution >= 4 is 23.5 Å². The van der Waals surface area contributed by atoms with Gasteiger partial charge in [-0.05, 0) is 49.2 Å². The number of carbonyl (C=O) groups excluding carboxylic acids is 1. The molecule has 27 heavy (non-hydrogen) atoms. The van der Waals surface area contributed by atoms with E-state index in [0.717, 1.165) is 23.4 Å². The molecule has 2 aromatic heterocycles. The zero-order valence-electron chi connectivity index (χ0n) is 14.9. The summed E-state index contributed by atoms with van der Waals surface area (Å²) in [5.74, 6) is 0.170. The van der Waals surface area contributed by atoms with Crippen LogP contribution >= 0.6 is 11.6 Å². The van der Waals surface area contributed by atoms with Gasteiger partial charge in [-0.15, -0.1) is 0 Å². The van der Waals surface area contributed by atoms with Gasteiger partial charge in [0.15, 0.2) is 0 Å². The first-order valence-electron chi connectivity index (χ1n) is 8.62. The molecule has 3 rings (SSSR count). The van der Waals surface area contributed by atoms with Crippen LogP contribution in [0.4, 0.5) is 5.95 Å². The molecule has 0 aliphatic carbocycles. The molecule has 138 valence electrons. The molecular weight excluding hydrogens is 362 g/mol. The smallest absolute Gasteiger partial charge is 0.270 e. The highest BCUT2D eigenvalue weighted by Gasteiger charge is 2.10. The fraction of sp³-hybridized carbons (Fsp3) is 0.200. The number of carbonyl (C=O) groups is 1. The lowest BCUT2D eigenvalue weighted by atomic mass is 10.1. The van der Waals surface area contributed by atoms with Gasteiger partial charge in [-0.3, -0.25) is 9.78 Å². The number of rotatable bonds is 7. The van der Waals surface area contributed by atoms with E-state index < -0.39 is 0 Å². The minimum atomic E-state index is -0.260. The van der Waals surface area contributed by atoms with Gasteiger partial charge >= 0.3 is 0 Å². The number of nitrogens with zero attached hydrogens (tertiary/aromatic N) is 3. The van der Waals surface area contributed by atoms with Crippen LogP contribution in [0.5, 0.6) is 0 Å². The maximum atomic E-state index is 12.4. The highest BCUT2D eigenvalue weighted by Crippen LogP contribution is 2.11. The third kappa shape index (κ3) is 5.76. The van der Waals surface area contributed by atoms with Crippen LogP contribution in [0.2, 0.25) is 5.02 Å². The number of pyridine rings is 1. The summed E-state index contributed by atoms with van der Waals surface area (Å²) >= 11 is 6.00. The molecule has 0 radical (unpaired) electrons. The summed E-state index contributed by atoms with van der Waals surface area (Å²) in [5, 5.41) is 6.70. The molecule has 1 amide bonds. The van der Waals surface area contributed by atoms with Gasteiger partial charge in [0.1, 0.15) is 5.69 Å². The predicted molar refractivity (Wildman–Crippen MR) is 106 cm³/mol. The average Bonchev–Trinajstić information content (AvgIpc) is 2.66. The third-order valence-electron chi connectivity index (χ3n) is 3.83. The fourth-order valence-electron chi connectivity index (χ4n) is 2.54. The monoisotopic (exact) mass is 381 g/mol. The van der Waals surface area contributed by atoms with Crippen molar-refractivity contribution < 1.29 is 4.79 Å². The lowest BCUT2D eigenvalue weighted by Gasteiger charge is -2.09. The Balaban J connectivity index is 1.59. The standard InChI is InChI=1S/C20H20ClN5O/c1-14-11-18(19(27)24-13-17-7-2-3-9-22-17)26-20(25-14)23-10-8-15-5-4-6-16(21)12-15/h2-7,9,11-12H,8,10,13H2,1H3,(H,24,27)(H,23,25,26). The molecule has 2 heterocycles. The molecule has 1 aromatic carbocycles. The normalized spacial score (nSPS) is 10.4. The Morgan fingerprint density at radius 1 is 1.11 bits per heavy atom. The van der Waals surface area contributed by atoms with E-state index in [1.54, 1.807) is 12.3 Å². The van der Waals surface area contributed by atoms with Crippen LogP contribution < -0.4 is 10.6 Å². The molecule has 6 nitrogen and oxygen atoms in total. The van der Waals surface area contributed by atoms with Crippen LogP contribution in [0, 0.1) is 6.92 Å². The molecule has 0 bridgehead atoms. The summed E-state index contributed by atoms with van der Waals surface area (Å²) < 4.78 is 0. The van der Waals surface area contributed by atoms with Gasteiger partial charge in [0.05, 0.1) is 12.2 Å². The van der Waals surface area contributed by atoms with Crippen molar-refractivity contribution in [2.24, 2.45) is 0 Å². The van der Waals surface area contributed by atoms with Crippen LogP contribution in [-0.4, -0.2) is 27.4 Å². The summed E-state index contributed by atoms with van der Waals surface area (Å²) in [6.07, 6.45) is 2.47. The number of aryl methyl sites for hydroxylation is 1. The molecule has 0 aliphatic rings. The van der Waals surface area contributed by atoms with E-state index in [-0.39, 0.29) is 5.91 Å². The second-order valence-corrected chi connectivity index (χ2v) is 6.47. The Labute approximate surface area is 163 Å². The Morgan fingerprint density at radius 3 is 2.78 bits per heavy atom. The lowest BCUT2D eigenvalue weighted by Crippen LogP contribution is -2.25. The van der Waals surface area contributed by atoms with Crippen LogP contribution in [0.1, 0.15) is 27.4 Å². The van der Waals surface area contributed by atoms with E-state index in [1.165, 1.54) is 0 Å². The molecule has 0 saturated carbocycles. The molecule has 7 heteroatoms. The van der Waals surface area contributed by atoms with Crippen LogP contribution in [-0.2, 0) is 13.0 Å². The number of hydrogen-bond acceptors (Lipinski definition) is 5. The number of nitrogens with one attached hydrogen (secondary N) is 2. The van der Waals surface area contributed by atoms with Gasteiger partial charge in [0, 0.05) is 23.5 Å². The van der Waals surface area contributed by atoms with E-state index in [2.05, 4.69) is 25.6 Å². The van der Waals surface area contributed by atoms with E-state index in [1.807, 2.05) is 49.4 Å². The Bertz CT molecular complexity index is 917. The SMILES string of the molecule is Cc1cc(C(=O)NCc2ccccn2)nc(NCCc2cccc(Cl)c2)n1. The van der Waals surface area contributed by atoms with Gasteiger partial charge < -0.3 is 10.6 Å². The van der Waals surface area contributed by atoms with E-state index >= 15 is 0 Å². The number of hydrogen-bond donors (Lipinski definition) is 2. The van der Waals surface area contributed by atoms with Crippen molar-refractivity contribution in [2.75, 3.05) is 11.9 Å². The summed E-state index contributed by atoms with van der Waals surface area (Å²) in [7, 11) is 0. The molecule has 0 spiro atoms. The molecule has 0 atom stereocenters. The number of anilines is 1. The van der Waals surface area contributed by atoms with Crippen LogP contribution in [0.15, 0.2) is 54.7 Å². The van der Waals surface area contributed by atoms with Crippen molar-refractivity contribution in [1.29, 1.82) is 0 Å². The quantitative estimate of drug-likeness (QED) is 0.655. The van der Waals surface area contributed by atoms with Gasteiger partial charge in [0.2, 0.25) is 5.95 Å². The van der Waals surface area contributed by atoms with Gasteiger partial charge in [-0.2, -0.15) is 0 Å². The zero-order chi connectivity index (χ0) is 19.1. The maximum absolute atomic E-state index is 12.4. The number of aromatic nitrogens is 3. The van der Waals surface area contributed by atoms with Crippen LogP contribution in [0.3, 0.4) is 0 Å². The maximum Gasteiger partial charge on any atom is 0.270 e. The Morgan fingerprint density at radius 2 is 2.00 bits per heavy atom. The van der Waals surface area contributed by atoms with Gasteiger partial charge in [-0.25, -0.2) is 9.97 Å². The third-order valence-corrected chi connectivity index (χ3v) is 4.06. The lowest BCUT2D eigenvalue weighted by molar-refractivity contribution is 0.0945. The molecular formula is C20H20ClN5O. The Hall–Kier alpha value is -2.99.